The molecule has 0 bridgehead atoms. The Kier molecular flexibility index (Phi) is 4.95. The molecule has 0 saturated carbocycles. The zero-order valence-electron chi connectivity index (χ0n) is 7.50. The lowest BCUT2D eigenvalue weighted by Crippen LogP contribution is -2.17. The minimum absolute atomic E-state index is 0.0529. The molecule has 1 N–H and O–H groups in total. The van der Waals surface area contributed by atoms with E-state index in [0.717, 1.165) is 3.57 Å². The highest BCUT2D eigenvalue weighted by Gasteiger charge is 2.11. The second-order valence-electron chi connectivity index (χ2n) is 2.73. The number of hydrogen-bond acceptors (Lipinski definition) is 2. The summed E-state index contributed by atoms with van der Waals surface area (Å²) in [4.78, 5) is 0. The highest BCUT2D eigenvalue weighted by atomic mass is 127. The Bertz CT molecular complexity index is 450. The third-order valence-electron chi connectivity index (χ3n) is 1.54. The third-order valence-corrected chi connectivity index (χ3v) is 4.21. The van der Waals surface area contributed by atoms with Crippen LogP contribution in [0, 0.1) is 3.57 Å². The molecule has 0 aliphatic rings. The van der Waals surface area contributed by atoms with Gasteiger partial charge >= 0.3 is 0 Å². The molecule has 7 heteroatoms. The Hall–Kier alpha value is 0.280. The van der Waals surface area contributed by atoms with Gasteiger partial charge in [0.15, 0.2) is 0 Å². The topological polar surface area (TPSA) is 46.2 Å². The minimum atomic E-state index is -3.39. The molecule has 0 atom stereocenters. The Morgan fingerprint density at radius 3 is 2.60 bits per heavy atom. The number of nitrogens with one attached hydrogen (secondary N) is 1. The SMILES string of the molecule is O=S(=O)(CCCl)Nc1ccc(I)cc1Cl. The second-order valence-corrected chi connectivity index (χ2v) is 6.61. The fraction of sp³-hybridized carbons (Fsp3) is 0.250. The summed E-state index contributed by atoms with van der Waals surface area (Å²) in [5.74, 6) is -0.0752. The third kappa shape index (κ3) is 4.34. The molecule has 3 nitrogen and oxygen atoms in total. The molecule has 0 aromatic heterocycles. The first kappa shape index (κ1) is 13.3. The summed E-state index contributed by atoms with van der Waals surface area (Å²) < 4.78 is 26.1. The Morgan fingerprint density at radius 2 is 2.07 bits per heavy atom. The summed E-state index contributed by atoms with van der Waals surface area (Å²) >= 11 is 13.3. The fourth-order valence-electron chi connectivity index (χ4n) is 0.892. The van der Waals surface area contributed by atoms with Crippen LogP contribution in [0.2, 0.25) is 5.02 Å². The van der Waals surface area contributed by atoms with Crippen molar-refractivity contribution in [2.24, 2.45) is 0 Å². The molecule has 15 heavy (non-hydrogen) atoms. The Balaban J connectivity index is 2.90. The first-order chi connectivity index (χ1) is 6.94. The summed E-state index contributed by atoms with van der Waals surface area (Å²) in [6.07, 6.45) is 0. The summed E-state index contributed by atoms with van der Waals surface area (Å²) in [7, 11) is -3.39. The largest absolute Gasteiger partial charge is 0.282 e. The highest BCUT2D eigenvalue weighted by molar-refractivity contribution is 14.1. The monoisotopic (exact) mass is 379 g/mol. The predicted molar refractivity (Wildman–Crippen MR) is 72.3 cm³/mol. The van der Waals surface area contributed by atoms with E-state index in [1.54, 1.807) is 18.2 Å². The van der Waals surface area contributed by atoms with Crippen LogP contribution in [-0.2, 0) is 10.0 Å². The maximum atomic E-state index is 11.4. The average molecular weight is 380 g/mol. The van der Waals surface area contributed by atoms with Crippen molar-refractivity contribution in [3.8, 4) is 0 Å². The Morgan fingerprint density at radius 1 is 1.40 bits per heavy atom. The summed E-state index contributed by atoms with van der Waals surface area (Å²) in [6, 6.07) is 5.07. The number of anilines is 1. The first-order valence-corrected chi connectivity index (χ1v) is 7.60. The van der Waals surface area contributed by atoms with Crippen LogP contribution in [0.1, 0.15) is 0 Å². The molecule has 0 amide bonds. The van der Waals surface area contributed by atoms with Crippen molar-refractivity contribution in [1.29, 1.82) is 0 Å². The summed E-state index contributed by atoms with van der Waals surface area (Å²) in [6.45, 7) is 0. The van der Waals surface area contributed by atoms with Crippen molar-refractivity contribution in [2.75, 3.05) is 16.4 Å². The molecule has 1 rings (SSSR count). The molecular weight excluding hydrogens is 372 g/mol. The van der Waals surface area contributed by atoms with Gasteiger partial charge in [0.05, 0.1) is 16.5 Å². The molecule has 84 valence electrons. The summed E-state index contributed by atoms with van der Waals surface area (Å²) in [5.41, 5.74) is 0.377. The van der Waals surface area contributed by atoms with Gasteiger partial charge in [-0.3, -0.25) is 4.72 Å². The highest BCUT2D eigenvalue weighted by Crippen LogP contribution is 2.24. The molecule has 1 aromatic rings. The second kappa shape index (κ2) is 5.56. The zero-order valence-corrected chi connectivity index (χ0v) is 12.0. The van der Waals surface area contributed by atoms with E-state index in [9.17, 15) is 8.42 Å². The van der Waals surface area contributed by atoms with Crippen molar-refractivity contribution < 1.29 is 8.42 Å². The van der Waals surface area contributed by atoms with Gasteiger partial charge in [-0.25, -0.2) is 8.42 Å². The summed E-state index contributed by atoms with van der Waals surface area (Å²) in [5, 5.41) is 0.375. The van der Waals surface area contributed by atoms with Crippen LogP contribution < -0.4 is 4.72 Å². The first-order valence-electron chi connectivity index (χ1n) is 3.96. The van der Waals surface area contributed by atoms with E-state index >= 15 is 0 Å². The van der Waals surface area contributed by atoms with E-state index in [1.165, 1.54) is 0 Å². The molecule has 0 spiro atoms. The smallest absolute Gasteiger partial charge is 0.233 e. The lowest BCUT2D eigenvalue weighted by atomic mass is 10.3. The lowest BCUT2D eigenvalue weighted by Gasteiger charge is -2.08. The number of benzene rings is 1. The normalized spacial score (nSPS) is 11.4. The quantitative estimate of drug-likeness (QED) is 0.645. The molecule has 1 aromatic carbocycles. The fourth-order valence-corrected chi connectivity index (χ4v) is 3.28. The van der Waals surface area contributed by atoms with E-state index in [0.29, 0.717) is 10.7 Å². The standard InChI is InChI=1S/C8H8Cl2INO2S/c9-3-4-15(13,14)12-8-2-1-6(11)5-7(8)10/h1-2,5,12H,3-4H2. The van der Waals surface area contributed by atoms with Gasteiger partial charge in [-0.05, 0) is 40.8 Å². The van der Waals surface area contributed by atoms with Gasteiger partial charge in [-0.1, -0.05) is 11.6 Å². The van der Waals surface area contributed by atoms with E-state index in [1.807, 2.05) is 0 Å². The van der Waals surface area contributed by atoms with E-state index in [4.69, 9.17) is 23.2 Å². The zero-order chi connectivity index (χ0) is 11.5. The number of rotatable bonds is 4. The van der Waals surface area contributed by atoms with Crippen LogP contribution >= 0.6 is 45.8 Å². The van der Waals surface area contributed by atoms with Crippen molar-refractivity contribution in [2.45, 2.75) is 0 Å². The molecule has 0 fully saturated rings. The number of halogens is 3. The van der Waals surface area contributed by atoms with Gasteiger partial charge in [0, 0.05) is 9.45 Å². The van der Waals surface area contributed by atoms with Crippen LogP contribution in [0.3, 0.4) is 0 Å². The van der Waals surface area contributed by atoms with Gasteiger partial charge in [0.1, 0.15) is 0 Å². The van der Waals surface area contributed by atoms with Crippen molar-refractivity contribution in [1.82, 2.24) is 0 Å². The van der Waals surface area contributed by atoms with Crippen LogP contribution in [0.4, 0.5) is 5.69 Å². The Labute approximate surface area is 112 Å². The van der Waals surface area contributed by atoms with Crippen molar-refractivity contribution >= 4 is 61.5 Å². The van der Waals surface area contributed by atoms with Crippen LogP contribution in [-0.4, -0.2) is 20.1 Å². The molecule has 0 aliphatic heterocycles. The lowest BCUT2D eigenvalue weighted by molar-refractivity contribution is 0.602. The van der Waals surface area contributed by atoms with Gasteiger partial charge < -0.3 is 0 Å². The number of alkyl halides is 1. The van der Waals surface area contributed by atoms with Crippen LogP contribution in [0.5, 0.6) is 0 Å². The molecule has 0 radical (unpaired) electrons. The van der Waals surface area contributed by atoms with Crippen LogP contribution in [0.25, 0.3) is 0 Å². The molecule has 0 heterocycles. The molecule has 0 unspecified atom stereocenters. The van der Waals surface area contributed by atoms with E-state index in [-0.39, 0.29) is 11.6 Å². The average Bonchev–Trinajstić information content (AvgIpc) is 2.09. The molecule has 0 saturated heterocycles. The van der Waals surface area contributed by atoms with E-state index < -0.39 is 10.0 Å². The molecular formula is C8H8Cl2INO2S. The maximum Gasteiger partial charge on any atom is 0.233 e. The van der Waals surface area contributed by atoms with Crippen molar-refractivity contribution in [3.63, 3.8) is 0 Å². The van der Waals surface area contributed by atoms with Crippen LogP contribution in [0.15, 0.2) is 18.2 Å². The van der Waals surface area contributed by atoms with Gasteiger partial charge in [0.2, 0.25) is 10.0 Å². The van der Waals surface area contributed by atoms with Gasteiger partial charge in [0.25, 0.3) is 0 Å². The minimum Gasteiger partial charge on any atom is -0.282 e. The molecule has 0 aliphatic carbocycles. The van der Waals surface area contributed by atoms with Gasteiger partial charge in [-0.2, -0.15) is 0 Å². The maximum absolute atomic E-state index is 11.4. The van der Waals surface area contributed by atoms with Crippen molar-refractivity contribution in [3.05, 3.63) is 26.8 Å². The predicted octanol–water partition coefficient (Wildman–Crippen LogP) is 2.93. The number of hydrogen-bond donors (Lipinski definition) is 1. The van der Waals surface area contributed by atoms with E-state index in [2.05, 4.69) is 27.3 Å². The van der Waals surface area contributed by atoms with Gasteiger partial charge in [-0.15, -0.1) is 11.6 Å². The number of sulfonamides is 1.